The molecule has 1 N–H and O–H groups in total. The number of benzene rings is 2. The second kappa shape index (κ2) is 8.74. The lowest BCUT2D eigenvalue weighted by molar-refractivity contribution is 0.0952. The van der Waals surface area contributed by atoms with E-state index in [1.807, 2.05) is 80.6 Å². The molecular formula is C25H23N3O2. The van der Waals surface area contributed by atoms with E-state index >= 15 is 0 Å². The molecule has 0 aliphatic carbocycles. The molecule has 2 heterocycles. The smallest absolute Gasteiger partial charge is 0.252 e. The number of para-hydroxylation sites is 1. The molecule has 0 saturated carbocycles. The Hall–Kier alpha value is -3.73. The fourth-order valence-corrected chi connectivity index (χ4v) is 3.26. The minimum atomic E-state index is -0.138. The van der Waals surface area contributed by atoms with Crippen LogP contribution in [0.2, 0.25) is 0 Å². The highest BCUT2D eigenvalue weighted by molar-refractivity contribution is 6.07. The molecule has 4 aromatic rings. The number of carbonyl (C=O) groups excluding carboxylic acids is 1. The van der Waals surface area contributed by atoms with Gasteiger partial charge in [0, 0.05) is 29.9 Å². The average molecular weight is 397 g/mol. The number of pyridine rings is 2. The van der Waals surface area contributed by atoms with Gasteiger partial charge in [0.05, 0.1) is 22.9 Å². The number of rotatable bonds is 6. The fraction of sp³-hybridized carbons (Fsp3) is 0.160. The maximum Gasteiger partial charge on any atom is 0.252 e. The number of hydrogen-bond acceptors (Lipinski definition) is 4. The van der Waals surface area contributed by atoms with Crippen LogP contribution < -0.4 is 10.1 Å². The molecule has 0 bridgehead atoms. The molecule has 5 nitrogen and oxygen atoms in total. The Morgan fingerprint density at radius 3 is 2.57 bits per heavy atom. The van der Waals surface area contributed by atoms with Crippen molar-refractivity contribution in [3.8, 4) is 17.0 Å². The average Bonchev–Trinajstić information content (AvgIpc) is 2.78. The van der Waals surface area contributed by atoms with Crippen LogP contribution in [0.15, 0.2) is 79.1 Å². The lowest BCUT2D eigenvalue weighted by Crippen LogP contribution is -2.23. The third-order valence-corrected chi connectivity index (χ3v) is 4.67. The van der Waals surface area contributed by atoms with Gasteiger partial charge >= 0.3 is 0 Å². The summed E-state index contributed by atoms with van der Waals surface area (Å²) in [6.45, 7) is 4.42. The number of amides is 1. The number of hydrogen-bond donors (Lipinski definition) is 1. The highest BCUT2D eigenvalue weighted by atomic mass is 16.5. The molecule has 150 valence electrons. The minimum absolute atomic E-state index is 0.129. The van der Waals surface area contributed by atoms with Crippen molar-refractivity contribution in [1.29, 1.82) is 0 Å². The lowest BCUT2D eigenvalue weighted by Gasteiger charge is -2.12. The molecule has 30 heavy (non-hydrogen) atoms. The van der Waals surface area contributed by atoms with Crippen molar-refractivity contribution in [3.63, 3.8) is 0 Å². The maximum atomic E-state index is 13.0. The second-order valence-electron chi connectivity index (χ2n) is 7.31. The van der Waals surface area contributed by atoms with Gasteiger partial charge in [-0.2, -0.15) is 0 Å². The van der Waals surface area contributed by atoms with Gasteiger partial charge < -0.3 is 10.1 Å². The van der Waals surface area contributed by atoms with Gasteiger partial charge in [0.15, 0.2) is 0 Å². The van der Waals surface area contributed by atoms with E-state index in [-0.39, 0.29) is 12.0 Å². The van der Waals surface area contributed by atoms with Crippen LogP contribution in [0.4, 0.5) is 0 Å². The molecule has 0 radical (unpaired) electrons. The van der Waals surface area contributed by atoms with Crippen LogP contribution in [0, 0.1) is 0 Å². The first-order valence-electron chi connectivity index (χ1n) is 9.94. The first kappa shape index (κ1) is 19.6. The lowest BCUT2D eigenvalue weighted by atomic mass is 10.0. The molecule has 0 fully saturated rings. The Bertz CT molecular complexity index is 1160. The van der Waals surface area contributed by atoms with Crippen molar-refractivity contribution in [2.24, 2.45) is 0 Å². The van der Waals surface area contributed by atoms with E-state index in [1.165, 1.54) is 0 Å². The first-order valence-corrected chi connectivity index (χ1v) is 9.94. The summed E-state index contributed by atoms with van der Waals surface area (Å²) in [7, 11) is 0. The third kappa shape index (κ3) is 4.46. The topological polar surface area (TPSA) is 64.1 Å². The summed E-state index contributed by atoms with van der Waals surface area (Å²) >= 11 is 0. The number of carbonyl (C=O) groups is 1. The van der Waals surface area contributed by atoms with Crippen molar-refractivity contribution >= 4 is 16.8 Å². The van der Waals surface area contributed by atoms with E-state index in [2.05, 4.69) is 10.3 Å². The predicted molar refractivity (Wildman–Crippen MR) is 118 cm³/mol. The summed E-state index contributed by atoms with van der Waals surface area (Å²) in [5.41, 5.74) is 3.98. The second-order valence-corrected chi connectivity index (χ2v) is 7.31. The van der Waals surface area contributed by atoms with Crippen LogP contribution in [-0.2, 0) is 6.54 Å². The van der Waals surface area contributed by atoms with Crippen molar-refractivity contribution < 1.29 is 9.53 Å². The quantitative estimate of drug-likeness (QED) is 0.496. The van der Waals surface area contributed by atoms with Gasteiger partial charge in [-0.25, -0.2) is 4.98 Å². The Balaban J connectivity index is 1.58. The molecule has 0 unspecified atom stereocenters. The summed E-state index contributed by atoms with van der Waals surface area (Å²) < 4.78 is 5.67. The van der Waals surface area contributed by atoms with E-state index in [0.717, 1.165) is 33.5 Å². The zero-order chi connectivity index (χ0) is 20.9. The zero-order valence-electron chi connectivity index (χ0n) is 17.0. The van der Waals surface area contributed by atoms with Crippen LogP contribution in [0.3, 0.4) is 0 Å². The molecule has 5 heteroatoms. The largest absolute Gasteiger partial charge is 0.491 e. The summed E-state index contributed by atoms with van der Waals surface area (Å²) in [6, 6.07) is 21.1. The molecule has 2 aromatic carbocycles. The zero-order valence-corrected chi connectivity index (χ0v) is 17.0. The van der Waals surface area contributed by atoms with Crippen LogP contribution >= 0.6 is 0 Å². The predicted octanol–water partition coefficient (Wildman–Crippen LogP) is 5.01. The molecule has 0 aliphatic rings. The summed E-state index contributed by atoms with van der Waals surface area (Å²) in [5.74, 6) is 0.683. The maximum absolute atomic E-state index is 13.0. The van der Waals surface area contributed by atoms with Crippen molar-refractivity contribution in [2.45, 2.75) is 26.5 Å². The Labute approximate surface area is 175 Å². The van der Waals surface area contributed by atoms with Crippen LogP contribution in [-0.4, -0.2) is 22.0 Å². The van der Waals surface area contributed by atoms with E-state index < -0.39 is 0 Å². The Kier molecular flexibility index (Phi) is 5.70. The minimum Gasteiger partial charge on any atom is -0.491 e. The van der Waals surface area contributed by atoms with Crippen LogP contribution in [0.1, 0.15) is 29.8 Å². The number of aromatic nitrogens is 2. The molecule has 0 aliphatic heterocycles. The van der Waals surface area contributed by atoms with Gasteiger partial charge in [0.25, 0.3) is 5.91 Å². The van der Waals surface area contributed by atoms with E-state index in [0.29, 0.717) is 12.1 Å². The summed E-state index contributed by atoms with van der Waals surface area (Å²) in [5, 5.41) is 3.85. The highest BCUT2D eigenvalue weighted by Crippen LogP contribution is 2.24. The summed E-state index contributed by atoms with van der Waals surface area (Å²) in [6.07, 6.45) is 3.60. The summed E-state index contributed by atoms with van der Waals surface area (Å²) in [4.78, 5) is 21.9. The molecule has 0 atom stereocenters. The highest BCUT2D eigenvalue weighted by Gasteiger charge is 2.14. The SMILES string of the molecule is CC(C)Oc1ccc(CNC(=O)c2cc(-c3cccnc3)nc3ccccc23)cc1. The van der Waals surface area contributed by atoms with Crippen LogP contribution in [0.5, 0.6) is 5.75 Å². The monoisotopic (exact) mass is 397 g/mol. The van der Waals surface area contributed by atoms with Gasteiger partial charge in [0.1, 0.15) is 5.75 Å². The van der Waals surface area contributed by atoms with E-state index in [4.69, 9.17) is 9.72 Å². The molecule has 4 rings (SSSR count). The van der Waals surface area contributed by atoms with Crippen molar-refractivity contribution in [2.75, 3.05) is 0 Å². The van der Waals surface area contributed by atoms with Crippen LogP contribution in [0.25, 0.3) is 22.2 Å². The van der Waals surface area contributed by atoms with E-state index in [1.54, 1.807) is 12.4 Å². The number of nitrogens with zero attached hydrogens (tertiary/aromatic N) is 2. The molecular weight excluding hydrogens is 374 g/mol. The Morgan fingerprint density at radius 2 is 1.83 bits per heavy atom. The van der Waals surface area contributed by atoms with Gasteiger partial charge in [0.2, 0.25) is 0 Å². The van der Waals surface area contributed by atoms with Crippen molar-refractivity contribution in [3.05, 3.63) is 90.3 Å². The van der Waals surface area contributed by atoms with Gasteiger partial charge in [-0.15, -0.1) is 0 Å². The molecule has 2 aromatic heterocycles. The number of nitrogens with one attached hydrogen (secondary N) is 1. The van der Waals surface area contributed by atoms with Gasteiger partial charge in [-0.3, -0.25) is 9.78 Å². The number of ether oxygens (including phenoxy) is 1. The Morgan fingerprint density at radius 1 is 1.03 bits per heavy atom. The molecule has 1 amide bonds. The third-order valence-electron chi connectivity index (χ3n) is 4.67. The normalized spacial score (nSPS) is 10.9. The number of fused-ring (bicyclic) bond motifs is 1. The van der Waals surface area contributed by atoms with E-state index in [9.17, 15) is 4.79 Å². The first-order chi connectivity index (χ1) is 14.6. The van der Waals surface area contributed by atoms with Gasteiger partial charge in [-0.1, -0.05) is 30.3 Å². The standard InChI is InChI=1S/C25H23N3O2/c1-17(2)30-20-11-9-18(10-12-20)15-27-25(29)22-14-24(19-6-5-13-26-16-19)28-23-8-4-3-7-21(22)23/h3-14,16-17H,15H2,1-2H3,(H,27,29). The fourth-order valence-electron chi connectivity index (χ4n) is 3.26. The van der Waals surface area contributed by atoms with Gasteiger partial charge in [-0.05, 0) is 55.8 Å². The molecule has 0 saturated heterocycles. The van der Waals surface area contributed by atoms with Crippen molar-refractivity contribution in [1.82, 2.24) is 15.3 Å². The molecule has 0 spiro atoms.